The number of pyridine rings is 2. The minimum absolute atomic E-state index is 0.157. The van der Waals surface area contributed by atoms with E-state index in [2.05, 4.69) is 15.3 Å². The quantitative estimate of drug-likeness (QED) is 0.624. The lowest BCUT2D eigenvalue weighted by Gasteiger charge is -2.12. The smallest absolute Gasteiger partial charge is 0.340 e. The molecule has 2 aromatic heterocycles. The van der Waals surface area contributed by atoms with Crippen molar-refractivity contribution >= 4 is 51.8 Å². The number of rotatable bonds is 4. The van der Waals surface area contributed by atoms with Gasteiger partial charge < -0.3 is 10.1 Å². The summed E-state index contributed by atoms with van der Waals surface area (Å²) < 4.78 is 5.18. The van der Waals surface area contributed by atoms with Crippen molar-refractivity contribution in [1.29, 1.82) is 0 Å². The third kappa shape index (κ3) is 3.93. The number of carbonyl (C=O) groups excluding carboxylic acids is 2. The molecule has 0 saturated carbocycles. The first-order chi connectivity index (χ1) is 13.3. The van der Waals surface area contributed by atoms with Gasteiger partial charge in [-0.2, -0.15) is 0 Å². The van der Waals surface area contributed by atoms with Crippen LogP contribution in [0.1, 0.15) is 27.2 Å². The summed E-state index contributed by atoms with van der Waals surface area (Å²) in [5.74, 6) is -1.02. The van der Waals surface area contributed by atoms with Crippen LogP contribution in [-0.2, 0) is 9.53 Å². The molecule has 0 fully saturated rings. The molecule has 1 N–H and O–H groups in total. The van der Waals surface area contributed by atoms with Gasteiger partial charge in [-0.25, -0.2) is 9.78 Å². The zero-order chi connectivity index (χ0) is 20.4. The van der Waals surface area contributed by atoms with E-state index in [1.54, 1.807) is 13.8 Å². The van der Waals surface area contributed by atoms with Gasteiger partial charge in [0, 0.05) is 11.6 Å². The van der Waals surface area contributed by atoms with Gasteiger partial charge >= 0.3 is 5.97 Å². The van der Waals surface area contributed by atoms with Crippen LogP contribution in [0, 0.1) is 20.8 Å². The van der Waals surface area contributed by atoms with Crippen LogP contribution < -0.4 is 5.32 Å². The van der Waals surface area contributed by atoms with Gasteiger partial charge in [-0.15, -0.1) is 0 Å². The first-order valence-corrected chi connectivity index (χ1v) is 9.18. The van der Waals surface area contributed by atoms with Crippen molar-refractivity contribution in [3.63, 3.8) is 0 Å². The van der Waals surface area contributed by atoms with Gasteiger partial charge in [-0.1, -0.05) is 41.4 Å². The van der Waals surface area contributed by atoms with E-state index < -0.39 is 18.5 Å². The Morgan fingerprint density at radius 2 is 1.82 bits per heavy atom. The number of carbonyl (C=O) groups is 2. The molecule has 0 aliphatic heterocycles. The number of nitrogens with one attached hydrogen (secondary N) is 1. The second kappa shape index (κ2) is 8.12. The Hall–Kier alpha value is -2.70. The lowest BCUT2D eigenvalue weighted by Crippen LogP contribution is -2.22. The van der Waals surface area contributed by atoms with E-state index in [0.29, 0.717) is 21.8 Å². The van der Waals surface area contributed by atoms with Crippen molar-refractivity contribution in [2.75, 3.05) is 11.9 Å². The van der Waals surface area contributed by atoms with Crippen LogP contribution in [0.2, 0.25) is 10.0 Å². The summed E-state index contributed by atoms with van der Waals surface area (Å²) in [6.07, 6.45) is 1.39. The Morgan fingerprint density at radius 1 is 1.11 bits per heavy atom. The molecule has 1 amide bonds. The molecule has 0 unspecified atom stereocenters. The zero-order valence-corrected chi connectivity index (χ0v) is 17.0. The Morgan fingerprint density at radius 3 is 2.57 bits per heavy atom. The maximum Gasteiger partial charge on any atom is 0.340 e. The van der Waals surface area contributed by atoms with Crippen LogP contribution in [0.3, 0.4) is 0 Å². The zero-order valence-electron chi connectivity index (χ0n) is 15.5. The number of amides is 1. The van der Waals surface area contributed by atoms with Crippen molar-refractivity contribution in [2.24, 2.45) is 0 Å². The van der Waals surface area contributed by atoms with E-state index in [1.165, 1.54) is 6.20 Å². The van der Waals surface area contributed by atoms with Gasteiger partial charge in [0.15, 0.2) is 12.4 Å². The molecule has 28 heavy (non-hydrogen) atoms. The number of nitrogens with zero attached hydrogens (tertiary/aromatic N) is 2. The van der Waals surface area contributed by atoms with Crippen molar-refractivity contribution < 1.29 is 14.3 Å². The summed E-state index contributed by atoms with van der Waals surface area (Å²) in [7, 11) is 0. The summed E-state index contributed by atoms with van der Waals surface area (Å²) in [6.45, 7) is 4.79. The Balaban J connectivity index is 1.73. The normalized spacial score (nSPS) is 10.8. The molecule has 0 aliphatic carbocycles. The fourth-order valence-corrected chi connectivity index (χ4v) is 3.24. The topological polar surface area (TPSA) is 81.2 Å². The summed E-state index contributed by atoms with van der Waals surface area (Å²) in [6, 6.07) is 7.52. The first-order valence-electron chi connectivity index (χ1n) is 8.43. The lowest BCUT2D eigenvalue weighted by atomic mass is 10.0. The van der Waals surface area contributed by atoms with Crippen molar-refractivity contribution in [3.05, 3.63) is 62.9 Å². The average molecular weight is 418 g/mol. The summed E-state index contributed by atoms with van der Waals surface area (Å²) >= 11 is 12.0. The summed E-state index contributed by atoms with van der Waals surface area (Å²) in [5.41, 5.74) is 3.04. The fraction of sp³-hybridized carbons (Fsp3) is 0.200. The van der Waals surface area contributed by atoms with E-state index >= 15 is 0 Å². The third-order valence-corrected chi connectivity index (χ3v) is 5.18. The Kier molecular flexibility index (Phi) is 5.82. The van der Waals surface area contributed by atoms with Gasteiger partial charge in [0.1, 0.15) is 0 Å². The number of aromatic nitrogens is 2. The molecule has 1 aromatic carbocycles. The average Bonchev–Trinajstić information content (AvgIpc) is 2.67. The molecule has 8 heteroatoms. The number of halogens is 2. The molecular weight excluding hydrogens is 401 g/mol. The van der Waals surface area contributed by atoms with Crippen molar-refractivity contribution in [3.8, 4) is 0 Å². The molecule has 0 saturated heterocycles. The number of para-hydroxylation sites is 1. The molecular formula is C20H17Cl2N3O3. The van der Waals surface area contributed by atoms with Crippen LogP contribution >= 0.6 is 23.2 Å². The largest absolute Gasteiger partial charge is 0.452 e. The maximum absolute atomic E-state index is 12.6. The van der Waals surface area contributed by atoms with Crippen LogP contribution in [-0.4, -0.2) is 28.5 Å². The van der Waals surface area contributed by atoms with E-state index in [4.69, 9.17) is 27.9 Å². The molecule has 0 bridgehead atoms. The van der Waals surface area contributed by atoms with Gasteiger partial charge in [0.2, 0.25) is 0 Å². The second-order valence-corrected chi connectivity index (χ2v) is 7.02. The standard InChI is InChI=1S/C20H17Cl2N3O3/c1-10-13-6-4-5-7-15(13)24-12(3)17(10)20(27)28-9-16(26)25-19-18(22)11(2)14(21)8-23-19/h4-8H,9H2,1-3H3,(H,23,25,26). The number of hydrogen-bond donors (Lipinski definition) is 1. The number of ether oxygens (including phenoxy) is 1. The van der Waals surface area contributed by atoms with Crippen molar-refractivity contribution in [1.82, 2.24) is 9.97 Å². The molecule has 3 aromatic rings. The monoisotopic (exact) mass is 417 g/mol. The number of hydrogen-bond acceptors (Lipinski definition) is 5. The van der Waals surface area contributed by atoms with E-state index in [9.17, 15) is 9.59 Å². The minimum atomic E-state index is -0.616. The summed E-state index contributed by atoms with van der Waals surface area (Å²) in [5, 5.41) is 4.00. The Bertz CT molecular complexity index is 1100. The van der Waals surface area contributed by atoms with Crippen LogP contribution in [0.15, 0.2) is 30.5 Å². The number of anilines is 1. The van der Waals surface area contributed by atoms with Crippen LogP contribution in [0.25, 0.3) is 10.9 Å². The molecule has 0 radical (unpaired) electrons. The number of esters is 1. The highest BCUT2D eigenvalue weighted by atomic mass is 35.5. The third-order valence-electron chi connectivity index (χ3n) is 4.33. The highest BCUT2D eigenvalue weighted by molar-refractivity contribution is 6.37. The molecule has 0 atom stereocenters. The van der Waals surface area contributed by atoms with Crippen LogP contribution in [0.5, 0.6) is 0 Å². The van der Waals surface area contributed by atoms with Gasteiger partial charge in [0.05, 0.1) is 26.8 Å². The highest BCUT2D eigenvalue weighted by Crippen LogP contribution is 2.28. The summed E-state index contributed by atoms with van der Waals surface area (Å²) in [4.78, 5) is 33.1. The highest BCUT2D eigenvalue weighted by Gasteiger charge is 2.19. The first kappa shape index (κ1) is 20.0. The van der Waals surface area contributed by atoms with Crippen molar-refractivity contribution in [2.45, 2.75) is 20.8 Å². The number of fused-ring (bicyclic) bond motifs is 1. The molecule has 3 rings (SSSR count). The SMILES string of the molecule is Cc1nc2ccccc2c(C)c1C(=O)OCC(=O)Nc1ncc(Cl)c(C)c1Cl. The minimum Gasteiger partial charge on any atom is -0.452 e. The molecule has 2 heterocycles. The number of aryl methyl sites for hydroxylation is 2. The molecule has 144 valence electrons. The molecule has 0 spiro atoms. The van der Waals surface area contributed by atoms with Crippen LogP contribution in [0.4, 0.5) is 5.82 Å². The fourth-order valence-electron chi connectivity index (χ4n) is 2.85. The predicted octanol–water partition coefficient (Wildman–Crippen LogP) is 4.66. The van der Waals surface area contributed by atoms with E-state index in [0.717, 1.165) is 16.5 Å². The molecule has 6 nitrogen and oxygen atoms in total. The predicted molar refractivity (Wildman–Crippen MR) is 109 cm³/mol. The van der Waals surface area contributed by atoms with E-state index in [-0.39, 0.29) is 10.8 Å². The lowest BCUT2D eigenvalue weighted by molar-refractivity contribution is -0.119. The number of benzene rings is 1. The maximum atomic E-state index is 12.6. The Labute approximate surface area is 171 Å². The van der Waals surface area contributed by atoms with Gasteiger partial charge in [-0.05, 0) is 38.0 Å². The van der Waals surface area contributed by atoms with E-state index in [1.807, 2.05) is 31.2 Å². The second-order valence-electron chi connectivity index (χ2n) is 6.23. The van der Waals surface area contributed by atoms with Gasteiger partial charge in [0.25, 0.3) is 5.91 Å². The molecule has 0 aliphatic rings. The van der Waals surface area contributed by atoms with Gasteiger partial charge in [-0.3, -0.25) is 9.78 Å².